The first kappa shape index (κ1) is 22.1. The molecule has 4 aromatic rings. The summed E-state index contributed by atoms with van der Waals surface area (Å²) in [7, 11) is -3.81. The monoisotopic (exact) mass is 487 g/mol. The molecule has 0 unspecified atom stereocenters. The molecule has 10 heteroatoms. The number of fused-ring (bicyclic) bond motifs is 1. The summed E-state index contributed by atoms with van der Waals surface area (Å²) in [4.78, 5) is 24.9. The number of rotatable bonds is 6. The molecule has 0 aliphatic rings. The van der Waals surface area contributed by atoms with E-state index < -0.39 is 15.9 Å². The number of benzene rings is 3. The number of hydrogen-bond acceptors (Lipinski definition) is 5. The molecule has 4 rings (SSSR count). The Bertz CT molecular complexity index is 1480. The van der Waals surface area contributed by atoms with Gasteiger partial charge in [-0.1, -0.05) is 41.1 Å². The molecular formula is C22H18ClN3O4S2. The summed E-state index contributed by atoms with van der Waals surface area (Å²) in [6.45, 7) is 2.45. The van der Waals surface area contributed by atoms with Gasteiger partial charge < -0.3 is 5.32 Å². The van der Waals surface area contributed by atoms with Crippen molar-refractivity contribution in [3.8, 4) is 0 Å². The van der Waals surface area contributed by atoms with Crippen molar-refractivity contribution in [3.63, 3.8) is 0 Å². The molecule has 0 spiro atoms. The molecule has 2 N–H and O–H groups in total. The summed E-state index contributed by atoms with van der Waals surface area (Å²) in [5.74, 6) is -0.502. The minimum absolute atomic E-state index is 0.0626. The fourth-order valence-electron chi connectivity index (χ4n) is 3.22. The molecule has 0 saturated carbocycles. The third kappa shape index (κ3) is 4.40. The van der Waals surface area contributed by atoms with E-state index in [1.54, 1.807) is 41.0 Å². The standard InChI is InChI=1S/C22H18ClN3O4S2/c1-2-26-19-11-9-14(13-20(19)31-22(26)28)24-21(27)17-12-15(8-10-18(17)23)25-32(29,30)16-6-4-3-5-7-16/h3-13,25H,2H2,1H3,(H,24,27). The number of nitrogens with zero attached hydrogens (tertiary/aromatic N) is 1. The Morgan fingerprint density at radius 2 is 1.75 bits per heavy atom. The van der Waals surface area contributed by atoms with Crippen molar-refractivity contribution < 1.29 is 13.2 Å². The Morgan fingerprint density at radius 3 is 2.47 bits per heavy atom. The Balaban J connectivity index is 1.59. The normalized spacial score (nSPS) is 11.4. The number of amides is 1. The maximum absolute atomic E-state index is 12.9. The van der Waals surface area contributed by atoms with Crippen molar-refractivity contribution in [2.75, 3.05) is 10.0 Å². The molecule has 7 nitrogen and oxygen atoms in total. The van der Waals surface area contributed by atoms with Crippen LogP contribution in [-0.4, -0.2) is 18.9 Å². The van der Waals surface area contributed by atoms with Crippen molar-refractivity contribution in [1.29, 1.82) is 0 Å². The second-order valence-electron chi connectivity index (χ2n) is 6.86. The number of hydrogen-bond donors (Lipinski definition) is 2. The van der Waals surface area contributed by atoms with Gasteiger partial charge in [-0.25, -0.2) is 8.42 Å². The highest BCUT2D eigenvalue weighted by molar-refractivity contribution is 7.92. The summed E-state index contributed by atoms with van der Waals surface area (Å²) in [5.41, 5.74) is 1.62. The van der Waals surface area contributed by atoms with E-state index >= 15 is 0 Å². The van der Waals surface area contributed by atoms with Gasteiger partial charge in [-0.3, -0.25) is 18.9 Å². The summed E-state index contributed by atoms with van der Waals surface area (Å²) < 4.78 is 30.0. The van der Waals surface area contributed by atoms with Crippen molar-refractivity contribution >= 4 is 60.5 Å². The molecule has 164 valence electrons. The molecule has 0 fully saturated rings. The number of thiazole rings is 1. The van der Waals surface area contributed by atoms with Crippen LogP contribution < -0.4 is 14.9 Å². The van der Waals surface area contributed by atoms with Crippen molar-refractivity contribution in [2.24, 2.45) is 0 Å². The highest BCUT2D eigenvalue weighted by Crippen LogP contribution is 2.26. The number of halogens is 1. The average Bonchev–Trinajstić information content (AvgIpc) is 3.09. The predicted molar refractivity (Wildman–Crippen MR) is 128 cm³/mol. The molecule has 32 heavy (non-hydrogen) atoms. The van der Waals surface area contributed by atoms with E-state index in [0.29, 0.717) is 12.2 Å². The van der Waals surface area contributed by atoms with Gasteiger partial charge in [-0.2, -0.15) is 0 Å². The van der Waals surface area contributed by atoms with Crippen LogP contribution in [0, 0.1) is 0 Å². The number of carbonyl (C=O) groups is 1. The van der Waals surface area contributed by atoms with E-state index in [9.17, 15) is 18.0 Å². The van der Waals surface area contributed by atoms with Gasteiger partial charge in [-0.15, -0.1) is 0 Å². The van der Waals surface area contributed by atoms with E-state index in [4.69, 9.17) is 11.6 Å². The van der Waals surface area contributed by atoms with Crippen LogP contribution in [0.1, 0.15) is 17.3 Å². The lowest BCUT2D eigenvalue weighted by molar-refractivity contribution is 0.102. The van der Waals surface area contributed by atoms with E-state index in [1.807, 2.05) is 6.92 Å². The smallest absolute Gasteiger partial charge is 0.308 e. The number of aryl methyl sites for hydroxylation is 1. The van der Waals surface area contributed by atoms with Crippen molar-refractivity contribution in [3.05, 3.63) is 87.0 Å². The summed E-state index contributed by atoms with van der Waals surface area (Å²) in [6.07, 6.45) is 0. The van der Waals surface area contributed by atoms with E-state index in [0.717, 1.165) is 21.6 Å². The van der Waals surface area contributed by atoms with Crippen LogP contribution in [0.5, 0.6) is 0 Å². The van der Waals surface area contributed by atoms with Gasteiger partial charge in [0.2, 0.25) is 0 Å². The average molecular weight is 488 g/mol. The molecule has 3 aromatic carbocycles. The largest absolute Gasteiger partial charge is 0.322 e. The number of sulfonamides is 1. The molecule has 0 atom stereocenters. The summed E-state index contributed by atoms with van der Waals surface area (Å²) >= 11 is 7.31. The molecule has 0 bridgehead atoms. The third-order valence-electron chi connectivity index (χ3n) is 4.76. The Hall–Kier alpha value is -3.14. The van der Waals surface area contributed by atoms with Crippen molar-refractivity contribution in [1.82, 2.24) is 4.57 Å². The van der Waals surface area contributed by atoms with Gasteiger partial charge in [0.05, 0.1) is 25.7 Å². The SMILES string of the molecule is CCn1c(=O)sc2cc(NC(=O)c3cc(NS(=O)(=O)c4ccccc4)ccc3Cl)ccc21. The number of nitrogens with one attached hydrogen (secondary N) is 2. The second kappa shape index (κ2) is 8.78. The quantitative estimate of drug-likeness (QED) is 0.408. The first-order chi connectivity index (χ1) is 15.3. The zero-order valence-corrected chi connectivity index (χ0v) is 19.2. The fourth-order valence-corrected chi connectivity index (χ4v) is 5.49. The van der Waals surface area contributed by atoms with Crippen LogP contribution in [0.3, 0.4) is 0 Å². The number of anilines is 2. The Morgan fingerprint density at radius 1 is 1.03 bits per heavy atom. The third-order valence-corrected chi connectivity index (χ3v) is 7.43. The maximum Gasteiger partial charge on any atom is 0.308 e. The van der Waals surface area contributed by atoms with Gasteiger partial charge in [-0.05, 0) is 55.5 Å². The maximum atomic E-state index is 12.9. The van der Waals surface area contributed by atoms with Crippen LogP contribution in [0.2, 0.25) is 5.02 Å². The molecule has 1 heterocycles. The van der Waals surface area contributed by atoms with Crippen LogP contribution in [-0.2, 0) is 16.6 Å². The molecule has 1 aromatic heterocycles. The zero-order chi connectivity index (χ0) is 22.9. The first-order valence-corrected chi connectivity index (χ1v) is 12.3. The lowest BCUT2D eigenvalue weighted by atomic mass is 10.2. The molecule has 1 amide bonds. The second-order valence-corrected chi connectivity index (χ2v) is 9.94. The van der Waals surface area contributed by atoms with Gasteiger partial charge >= 0.3 is 4.87 Å². The number of carbonyl (C=O) groups excluding carboxylic acids is 1. The topological polar surface area (TPSA) is 97.3 Å². The fraction of sp³-hybridized carbons (Fsp3) is 0.0909. The van der Waals surface area contributed by atoms with Crippen LogP contribution in [0.25, 0.3) is 10.2 Å². The first-order valence-electron chi connectivity index (χ1n) is 9.60. The Kier molecular flexibility index (Phi) is 6.05. The molecule has 0 saturated heterocycles. The van der Waals surface area contributed by atoms with Crippen LogP contribution >= 0.6 is 22.9 Å². The van der Waals surface area contributed by atoms with E-state index in [2.05, 4.69) is 10.0 Å². The zero-order valence-electron chi connectivity index (χ0n) is 16.8. The summed E-state index contributed by atoms with van der Waals surface area (Å²) in [5, 5.41) is 2.93. The van der Waals surface area contributed by atoms with Gasteiger partial charge in [0.15, 0.2) is 0 Å². The molecular weight excluding hydrogens is 470 g/mol. The molecule has 0 aliphatic heterocycles. The highest BCUT2D eigenvalue weighted by Gasteiger charge is 2.17. The van der Waals surface area contributed by atoms with Gasteiger partial charge in [0, 0.05) is 17.9 Å². The van der Waals surface area contributed by atoms with Gasteiger partial charge in [0.25, 0.3) is 15.9 Å². The van der Waals surface area contributed by atoms with Crippen molar-refractivity contribution in [2.45, 2.75) is 18.4 Å². The van der Waals surface area contributed by atoms with E-state index in [-0.39, 0.29) is 26.0 Å². The summed E-state index contributed by atoms with van der Waals surface area (Å²) in [6, 6.07) is 17.4. The van der Waals surface area contributed by atoms with Gasteiger partial charge in [0.1, 0.15) is 0 Å². The van der Waals surface area contributed by atoms with E-state index in [1.165, 1.54) is 30.3 Å². The highest BCUT2D eigenvalue weighted by atomic mass is 35.5. The molecule has 0 aliphatic carbocycles. The minimum Gasteiger partial charge on any atom is -0.322 e. The van der Waals surface area contributed by atoms with Crippen LogP contribution in [0.4, 0.5) is 11.4 Å². The number of aromatic nitrogens is 1. The predicted octanol–water partition coefficient (Wildman–Crippen LogP) is 4.79. The lowest BCUT2D eigenvalue weighted by Gasteiger charge is -2.11. The molecule has 0 radical (unpaired) electrons. The van der Waals surface area contributed by atoms with Crippen LogP contribution in [0.15, 0.2) is 76.4 Å². The lowest BCUT2D eigenvalue weighted by Crippen LogP contribution is -2.15. The minimum atomic E-state index is -3.81. The Labute approximate surface area is 193 Å².